The number of rotatable bonds is 0. The van der Waals surface area contributed by atoms with Gasteiger partial charge in [0.1, 0.15) is 0 Å². The summed E-state index contributed by atoms with van der Waals surface area (Å²) in [7, 11) is 0. The lowest BCUT2D eigenvalue weighted by molar-refractivity contribution is 1.78. The summed E-state index contributed by atoms with van der Waals surface area (Å²) < 4.78 is 0. The van der Waals surface area contributed by atoms with Crippen molar-refractivity contribution < 1.29 is 0 Å². The van der Waals surface area contributed by atoms with Crippen LogP contribution in [-0.4, -0.2) is 0 Å². The minimum Gasteiger partial charge on any atom is -0.0616 e. The van der Waals surface area contributed by atoms with E-state index in [0.29, 0.717) is 0 Å². The zero-order valence-electron chi connectivity index (χ0n) is 18.5. The molecule has 0 radical (unpaired) electrons. The van der Waals surface area contributed by atoms with Gasteiger partial charge in [-0.1, -0.05) is 72.8 Å². The standard InChI is InChI=1S/C34H20/c1-3-7-23-15-29-19-33-25(17-27(29)13-21(23)5-1)9-11-32-31(33)12-10-26-18-28-14-22-6-2-4-8-24(22)16-30(28)20-34(26)32/h1-20H. The average molecular weight is 429 g/mol. The largest absolute Gasteiger partial charge is 0.0616 e. The highest BCUT2D eigenvalue weighted by molar-refractivity contribution is 6.21. The lowest BCUT2D eigenvalue weighted by Gasteiger charge is -2.11. The van der Waals surface area contributed by atoms with Gasteiger partial charge in [-0.3, -0.25) is 0 Å². The SMILES string of the molecule is c1ccc2cc3cc4c(ccc5c6cc7cc8ccccc8cc7cc6ccc45)cc3cc2c1. The van der Waals surface area contributed by atoms with Gasteiger partial charge >= 0.3 is 0 Å². The molecule has 0 aliphatic heterocycles. The van der Waals surface area contributed by atoms with Crippen LogP contribution in [-0.2, 0) is 0 Å². The van der Waals surface area contributed by atoms with Crippen LogP contribution in [0.4, 0.5) is 0 Å². The smallest absolute Gasteiger partial charge is 0.00987 e. The van der Waals surface area contributed by atoms with Gasteiger partial charge in [0.15, 0.2) is 0 Å². The third-order valence-electron chi connectivity index (χ3n) is 7.48. The molecule has 0 aliphatic rings. The Balaban J connectivity index is 1.46. The van der Waals surface area contributed by atoms with Crippen LogP contribution in [0.15, 0.2) is 121 Å². The van der Waals surface area contributed by atoms with Gasteiger partial charge in [0.05, 0.1) is 0 Å². The van der Waals surface area contributed by atoms with Crippen LogP contribution in [0.2, 0.25) is 0 Å². The van der Waals surface area contributed by atoms with Gasteiger partial charge in [0.2, 0.25) is 0 Å². The van der Waals surface area contributed by atoms with Gasteiger partial charge in [0, 0.05) is 0 Å². The van der Waals surface area contributed by atoms with Gasteiger partial charge in [-0.2, -0.15) is 0 Å². The van der Waals surface area contributed by atoms with Gasteiger partial charge in [0.25, 0.3) is 0 Å². The Hall–Kier alpha value is -4.42. The summed E-state index contributed by atoms with van der Waals surface area (Å²) in [5.41, 5.74) is 0. The Bertz CT molecular complexity index is 1960. The van der Waals surface area contributed by atoms with Crippen molar-refractivity contribution in [3.05, 3.63) is 121 Å². The quantitative estimate of drug-likeness (QED) is 0.166. The van der Waals surface area contributed by atoms with Crippen molar-refractivity contribution in [2.75, 3.05) is 0 Å². The van der Waals surface area contributed by atoms with E-state index >= 15 is 0 Å². The molecule has 0 bridgehead atoms. The first-order chi connectivity index (χ1) is 16.8. The Labute approximate surface area is 196 Å². The molecule has 0 aliphatic carbocycles. The van der Waals surface area contributed by atoms with E-state index in [1.54, 1.807) is 0 Å². The van der Waals surface area contributed by atoms with Crippen LogP contribution in [0.1, 0.15) is 0 Å². The summed E-state index contributed by atoms with van der Waals surface area (Å²) in [6, 6.07) is 45.1. The molecule has 156 valence electrons. The summed E-state index contributed by atoms with van der Waals surface area (Å²) >= 11 is 0. The Morgan fingerprint density at radius 2 is 0.529 bits per heavy atom. The monoisotopic (exact) mass is 428 g/mol. The van der Waals surface area contributed by atoms with E-state index in [-0.39, 0.29) is 0 Å². The molecule has 0 amide bonds. The number of hydrogen-bond donors (Lipinski definition) is 0. The molecule has 8 aromatic carbocycles. The maximum atomic E-state index is 2.37. The zero-order chi connectivity index (χ0) is 22.2. The van der Waals surface area contributed by atoms with Crippen molar-refractivity contribution in [2.24, 2.45) is 0 Å². The molecule has 0 spiro atoms. The predicted molar refractivity (Wildman–Crippen MR) is 149 cm³/mol. The second-order valence-electron chi connectivity index (χ2n) is 9.47. The van der Waals surface area contributed by atoms with E-state index in [1.165, 1.54) is 75.4 Å². The van der Waals surface area contributed by atoms with Crippen molar-refractivity contribution in [2.45, 2.75) is 0 Å². The average Bonchev–Trinajstić information content (AvgIpc) is 2.88. The van der Waals surface area contributed by atoms with Crippen LogP contribution in [0.25, 0.3) is 75.4 Å². The van der Waals surface area contributed by atoms with E-state index in [9.17, 15) is 0 Å². The molecule has 0 heterocycles. The molecule has 0 fully saturated rings. The van der Waals surface area contributed by atoms with Gasteiger partial charge in [-0.15, -0.1) is 0 Å². The number of hydrogen-bond acceptors (Lipinski definition) is 0. The molecule has 0 unspecified atom stereocenters. The van der Waals surface area contributed by atoms with Gasteiger partial charge in [-0.25, -0.2) is 0 Å². The zero-order valence-corrected chi connectivity index (χ0v) is 18.5. The van der Waals surface area contributed by atoms with E-state index in [0.717, 1.165) is 0 Å². The second-order valence-corrected chi connectivity index (χ2v) is 9.47. The molecule has 0 aromatic heterocycles. The Morgan fingerprint density at radius 3 is 0.912 bits per heavy atom. The molecule has 0 atom stereocenters. The first-order valence-electron chi connectivity index (χ1n) is 11.8. The number of fused-ring (bicyclic) bond motifs is 9. The maximum absolute atomic E-state index is 2.37. The van der Waals surface area contributed by atoms with Gasteiger partial charge in [-0.05, 0) is 124 Å². The van der Waals surface area contributed by atoms with Crippen molar-refractivity contribution >= 4 is 75.4 Å². The summed E-state index contributed by atoms with van der Waals surface area (Å²) in [5.74, 6) is 0. The van der Waals surface area contributed by atoms with Crippen LogP contribution in [0, 0.1) is 0 Å². The first-order valence-corrected chi connectivity index (χ1v) is 11.8. The first kappa shape index (κ1) is 18.1. The fraction of sp³-hybridized carbons (Fsp3) is 0. The third kappa shape index (κ3) is 2.54. The minimum absolute atomic E-state index is 1.29. The Morgan fingerprint density at radius 1 is 0.206 bits per heavy atom. The second kappa shape index (κ2) is 6.56. The molecule has 8 aromatic rings. The summed E-state index contributed by atoms with van der Waals surface area (Å²) in [6.45, 7) is 0. The highest BCUT2D eigenvalue weighted by Crippen LogP contribution is 2.36. The number of benzene rings is 8. The molecule has 0 saturated heterocycles. The lowest BCUT2D eigenvalue weighted by atomic mass is 9.92. The third-order valence-corrected chi connectivity index (χ3v) is 7.48. The molecule has 34 heavy (non-hydrogen) atoms. The predicted octanol–water partition coefficient (Wildman–Crippen LogP) is 9.76. The normalized spacial score (nSPS) is 12.1. The van der Waals surface area contributed by atoms with E-state index in [1.807, 2.05) is 0 Å². The molecule has 0 heteroatoms. The molecule has 0 saturated carbocycles. The lowest BCUT2D eigenvalue weighted by Crippen LogP contribution is -1.84. The fourth-order valence-electron chi connectivity index (χ4n) is 5.76. The topological polar surface area (TPSA) is 0 Å². The molecular formula is C34H20. The highest BCUT2D eigenvalue weighted by atomic mass is 14.1. The summed E-state index contributed by atoms with van der Waals surface area (Å²) in [6.07, 6.45) is 0. The maximum Gasteiger partial charge on any atom is -0.00987 e. The highest BCUT2D eigenvalue weighted by Gasteiger charge is 2.09. The van der Waals surface area contributed by atoms with Crippen LogP contribution in [0.3, 0.4) is 0 Å². The molecule has 0 N–H and O–H groups in total. The molecule has 0 nitrogen and oxygen atoms in total. The van der Waals surface area contributed by atoms with Crippen LogP contribution < -0.4 is 0 Å². The minimum atomic E-state index is 1.29. The summed E-state index contributed by atoms with van der Waals surface area (Å²) in [4.78, 5) is 0. The van der Waals surface area contributed by atoms with Crippen LogP contribution >= 0.6 is 0 Å². The Kier molecular flexibility index (Phi) is 3.48. The fourth-order valence-corrected chi connectivity index (χ4v) is 5.76. The van der Waals surface area contributed by atoms with Crippen molar-refractivity contribution in [1.29, 1.82) is 0 Å². The van der Waals surface area contributed by atoms with Crippen molar-refractivity contribution in [1.82, 2.24) is 0 Å². The molecular weight excluding hydrogens is 408 g/mol. The van der Waals surface area contributed by atoms with E-state index < -0.39 is 0 Å². The molecule has 8 rings (SSSR count). The van der Waals surface area contributed by atoms with E-state index in [4.69, 9.17) is 0 Å². The van der Waals surface area contributed by atoms with E-state index in [2.05, 4.69) is 121 Å². The van der Waals surface area contributed by atoms with Crippen molar-refractivity contribution in [3.8, 4) is 0 Å². The van der Waals surface area contributed by atoms with Crippen LogP contribution in [0.5, 0.6) is 0 Å². The summed E-state index contributed by atoms with van der Waals surface area (Å²) in [5, 5.41) is 18.2. The van der Waals surface area contributed by atoms with Crippen molar-refractivity contribution in [3.63, 3.8) is 0 Å². The van der Waals surface area contributed by atoms with Gasteiger partial charge < -0.3 is 0 Å².